The van der Waals surface area contributed by atoms with Crippen molar-refractivity contribution in [1.29, 1.82) is 0 Å². The predicted octanol–water partition coefficient (Wildman–Crippen LogP) is 3.83. The van der Waals surface area contributed by atoms with E-state index in [9.17, 15) is 0 Å². The van der Waals surface area contributed by atoms with E-state index in [0.717, 1.165) is 30.0 Å². The van der Waals surface area contributed by atoms with Crippen molar-refractivity contribution in [2.75, 3.05) is 34.4 Å². The Kier molecular flexibility index (Phi) is 6.66. The third-order valence-corrected chi connectivity index (χ3v) is 4.14. The monoisotopic (exact) mass is 316 g/mol. The molecule has 126 valence electrons. The minimum Gasteiger partial charge on any atom is -0.496 e. The summed E-state index contributed by atoms with van der Waals surface area (Å²) in [4.78, 5) is 7.65. The van der Waals surface area contributed by atoms with Crippen LogP contribution >= 0.6 is 0 Å². The average Bonchev–Trinajstić information content (AvgIpc) is 2.54. The van der Waals surface area contributed by atoms with E-state index < -0.39 is 0 Å². The Morgan fingerprint density at radius 3 is 2.83 bits per heavy atom. The van der Waals surface area contributed by atoms with Gasteiger partial charge in [0.15, 0.2) is 0 Å². The molecule has 4 heteroatoms. The quantitative estimate of drug-likeness (QED) is 0.591. The lowest BCUT2D eigenvalue weighted by Crippen LogP contribution is -2.21. The molecule has 0 bridgehead atoms. The highest BCUT2D eigenvalue weighted by molar-refractivity contribution is 6.05. The van der Waals surface area contributed by atoms with E-state index in [0.29, 0.717) is 12.5 Å². The van der Waals surface area contributed by atoms with Gasteiger partial charge in [0.2, 0.25) is 0 Å². The van der Waals surface area contributed by atoms with E-state index in [2.05, 4.69) is 29.1 Å². The van der Waals surface area contributed by atoms with Crippen LogP contribution in [0.1, 0.15) is 31.7 Å². The first kappa shape index (κ1) is 17.5. The summed E-state index contributed by atoms with van der Waals surface area (Å²) in [6.45, 7) is 3.71. The second kappa shape index (κ2) is 8.73. The van der Waals surface area contributed by atoms with Crippen LogP contribution in [0.4, 0.5) is 0 Å². The molecule has 1 aliphatic rings. The number of para-hydroxylation sites is 1. The molecule has 1 aliphatic carbocycles. The van der Waals surface area contributed by atoms with Gasteiger partial charge in [0, 0.05) is 18.0 Å². The van der Waals surface area contributed by atoms with Crippen molar-refractivity contribution >= 4 is 11.8 Å². The molecule has 4 nitrogen and oxygen atoms in total. The van der Waals surface area contributed by atoms with Crippen LogP contribution in [0.25, 0.3) is 6.08 Å². The zero-order chi connectivity index (χ0) is 16.7. The largest absolute Gasteiger partial charge is 0.496 e. The third kappa shape index (κ3) is 5.10. The van der Waals surface area contributed by atoms with Gasteiger partial charge in [-0.15, -0.1) is 0 Å². The zero-order valence-electron chi connectivity index (χ0n) is 14.7. The van der Waals surface area contributed by atoms with E-state index in [1.54, 1.807) is 7.11 Å². The van der Waals surface area contributed by atoms with Crippen LogP contribution in [0.15, 0.2) is 35.0 Å². The number of methoxy groups -OCH3 is 1. The first-order chi connectivity index (χ1) is 11.1. The minimum atomic E-state index is 0.434. The predicted molar refractivity (Wildman–Crippen MR) is 95.9 cm³/mol. The smallest absolute Gasteiger partial charge is 0.129 e. The molecule has 1 aromatic carbocycles. The Bertz CT molecular complexity index is 564. The molecule has 0 spiro atoms. The zero-order valence-corrected chi connectivity index (χ0v) is 14.7. The number of benzene rings is 1. The Morgan fingerprint density at radius 1 is 1.30 bits per heavy atom. The molecule has 1 atom stereocenters. The number of rotatable bonds is 6. The second-order valence-electron chi connectivity index (χ2n) is 6.32. The van der Waals surface area contributed by atoms with Gasteiger partial charge in [0.05, 0.1) is 12.8 Å². The topological polar surface area (TPSA) is 34.1 Å². The summed E-state index contributed by atoms with van der Waals surface area (Å²) in [6.07, 6.45) is 5.60. The average molecular weight is 316 g/mol. The molecule has 2 rings (SSSR count). The third-order valence-electron chi connectivity index (χ3n) is 4.14. The van der Waals surface area contributed by atoms with Crippen LogP contribution in [-0.4, -0.2) is 45.0 Å². The number of allylic oxidation sites excluding steroid dienone is 1. The highest BCUT2D eigenvalue weighted by Crippen LogP contribution is 2.30. The van der Waals surface area contributed by atoms with Crippen LogP contribution in [0, 0.1) is 5.92 Å². The molecule has 0 aromatic heterocycles. The molecule has 23 heavy (non-hydrogen) atoms. The van der Waals surface area contributed by atoms with Gasteiger partial charge in [-0.25, -0.2) is 0 Å². The van der Waals surface area contributed by atoms with Gasteiger partial charge < -0.3 is 14.5 Å². The molecule has 0 amide bonds. The van der Waals surface area contributed by atoms with Crippen LogP contribution in [0.2, 0.25) is 0 Å². The van der Waals surface area contributed by atoms with Crippen molar-refractivity contribution in [1.82, 2.24) is 4.90 Å². The van der Waals surface area contributed by atoms with Gasteiger partial charge in [-0.3, -0.25) is 0 Å². The van der Waals surface area contributed by atoms with E-state index in [1.165, 1.54) is 18.4 Å². The molecule has 0 aliphatic heterocycles. The Labute approximate surface area is 139 Å². The SMILES string of the molecule is COc1ccccc1/C=C1\CCC[C@@H](C)\C1=N/OCCN(C)C. The van der Waals surface area contributed by atoms with Crippen molar-refractivity contribution in [2.24, 2.45) is 11.1 Å². The summed E-state index contributed by atoms with van der Waals surface area (Å²) in [6, 6.07) is 8.09. The van der Waals surface area contributed by atoms with Crippen molar-refractivity contribution in [3.63, 3.8) is 0 Å². The fourth-order valence-electron chi connectivity index (χ4n) is 2.79. The van der Waals surface area contributed by atoms with Crippen LogP contribution < -0.4 is 4.74 Å². The molecular formula is C19H28N2O2. The summed E-state index contributed by atoms with van der Waals surface area (Å²) in [5.74, 6) is 1.33. The maximum absolute atomic E-state index is 5.55. The Balaban J connectivity index is 2.19. The molecule has 1 fully saturated rings. The molecule has 0 saturated heterocycles. The normalized spacial score (nSPS) is 21.9. The molecule has 0 radical (unpaired) electrons. The number of hydrogen-bond donors (Lipinski definition) is 0. The van der Waals surface area contributed by atoms with E-state index in [4.69, 9.17) is 9.57 Å². The lowest BCUT2D eigenvalue weighted by atomic mass is 9.84. The van der Waals surface area contributed by atoms with Gasteiger partial charge in [0.25, 0.3) is 0 Å². The number of nitrogens with zero attached hydrogens (tertiary/aromatic N) is 2. The van der Waals surface area contributed by atoms with Gasteiger partial charge in [-0.05, 0) is 51.1 Å². The molecular weight excluding hydrogens is 288 g/mol. The maximum atomic E-state index is 5.55. The first-order valence-corrected chi connectivity index (χ1v) is 8.30. The van der Waals surface area contributed by atoms with Crippen LogP contribution in [0.5, 0.6) is 5.75 Å². The van der Waals surface area contributed by atoms with Crippen LogP contribution in [-0.2, 0) is 4.84 Å². The van der Waals surface area contributed by atoms with Crippen molar-refractivity contribution in [3.05, 3.63) is 35.4 Å². The number of oxime groups is 1. The van der Waals surface area contributed by atoms with Gasteiger partial charge in [-0.2, -0.15) is 0 Å². The molecule has 0 unspecified atom stereocenters. The van der Waals surface area contributed by atoms with Crippen molar-refractivity contribution in [3.8, 4) is 5.75 Å². The van der Waals surface area contributed by atoms with Crippen molar-refractivity contribution in [2.45, 2.75) is 26.2 Å². The fourth-order valence-corrected chi connectivity index (χ4v) is 2.79. The minimum absolute atomic E-state index is 0.434. The lowest BCUT2D eigenvalue weighted by molar-refractivity contribution is 0.124. The van der Waals surface area contributed by atoms with Crippen LogP contribution in [0.3, 0.4) is 0 Å². The summed E-state index contributed by atoms with van der Waals surface area (Å²) < 4.78 is 5.45. The lowest BCUT2D eigenvalue weighted by Gasteiger charge is -2.23. The van der Waals surface area contributed by atoms with Crippen molar-refractivity contribution < 1.29 is 9.57 Å². The Hall–Kier alpha value is -1.81. The first-order valence-electron chi connectivity index (χ1n) is 8.30. The molecule has 0 N–H and O–H groups in total. The standard InChI is InChI=1S/C19H28N2O2/c1-15-8-7-10-17(19(15)20-23-13-12-21(2)3)14-16-9-5-6-11-18(16)22-4/h5-6,9,11,14-15H,7-8,10,12-13H2,1-4H3/b17-14+,20-19+/t15-/m1/s1. The second-order valence-corrected chi connectivity index (χ2v) is 6.32. The molecule has 1 aromatic rings. The summed E-state index contributed by atoms with van der Waals surface area (Å²) in [7, 11) is 5.78. The maximum Gasteiger partial charge on any atom is 0.129 e. The fraction of sp³-hybridized carbons (Fsp3) is 0.526. The van der Waals surface area contributed by atoms with E-state index >= 15 is 0 Å². The number of ether oxygens (including phenoxy) is 1. The Morgan fingerprint density at radius 2 is 2.09 bits per heavy atom. The van der Waals surface area contributed by atoms with Gasteiger partial charge in [0.1, 0.15) is 12.4 Å². The number of hydrogen-bond acceptors (Lipinski definition) is 4. The van der Waals surface area contributed by atoms with E-state index in [-0.39, 0.29) is 0 Å². The summed E-state index contributed by atoms with van der Waals surface area (Å²) >= 11 is 0. The molecule has 0 heterocycles. The van der Waals surface area contributed by atoms with E-state index in [1.807, 2.05) is 32.3 Å². The van der Waals surface area contributed by atoms with Gasteiger partial charge in [-0.1, -0.05) is 30.3 Å². The summed E-state index contributed by atoms with van der Waals surface area (Å²) in [5, 5.41) is 4.45. The number of likely N-dealkylation sites (N-methyl/N-ethyl adjacent to an activating group) is 1. The molecule has 1 saturated carbocycles. The summed E-state index contributed by atoms with van der Waals surface area (Å²) in [5.41, 5.74) is 3.44. The highest BCUT2D eigenvalue weighted by atomic mass is 16.6. The highest BCUT2D eigenvalue weighted by Gasteiger charge is 2.22. The van der Waals surface area contributed by atoms with Gasteiger partial charge >= 0.3 is 0 Å².